The van der Waals surface area contributed by atoms with Gasteiger partial charge in [0.05, 0.1) is 27.9 Å². The highest BCUT2D eigenvalue weighted by atomic mass is 16.3. The maximum absolute atomic E-state index is 8.77. The molecule has 0 fully saturated rings. The molecule has 0 saturated heterocycles. The zero-order valence-corrected chi connectivity index (χ0v) is 10.1. The van der Waals surface area contributed by atoms with Crippen molar-refractivity contribution >= 4 is 15.7 Å². The van der Waals surface area contributed by atoms with E-state index in [9.17, 15) is 0 Å². The minimum Gasteiger partial charge on any atom is -0.396 e. The topological polar surface area (TPSA) is 80.9 Å². The molecule has 4 N–H and O–H groups in total. The van der Waals surface area contributed by atoms with Gasteiger partial charge in [-0.2, -0.15) is 0 Å². The average molecular weight is 228 g/mol. The highest BCUT2D eigenvalue weighted by molar-refractivity contribution is 6.08. The van der Waals surface area contributed by atoms with E-state index in [2.05, 4.69) is 0 Å². The molecule has 16 heavy (non-hydrogen) atoms. The molecule has 0 spiro atoms. The Morgan fingerprint density at radius 3 is 1.06 bits per heavy atom. The van der Waals surface area contributed by atoms with Gasteiger partial charge in [-0.3, -0.25) is 0 Å². The molecular weight excluding hydrogens is 206 g/mol. The third kappa shape index (κ3) is 9.21. The van der Waals surface area contributed by atoms with Crippen molar-refractivity contribution < 1.29 is 20.4 Å². The van der Waals surface area contributed by atoms with Crippen molar-refractivity contribution in [1.82, 2.24) is 0 Å². The van der Waals surface area contributed by atoms with Crippen LogP contribution < -0.4 is 0 Å². The summed E-state index contributed by atoms with van der Waals surface area (Å²) in [6.07, 6.45) is -0.308. The van der Waals surface area contributed by atoms with Crippen LogP contribution in [0.25, 0.3) is 0 Å². The predicted octanol–water partition coefficient (Wildman–Crippen LogP) is -0.875. The van der Waals surface area contributed by atoms with E-state index in [4.69, 9.17) is 36.1 Å². The van der Waals surface area contributed by atoms with Crippen LogP contribution in [-0.4, -0.2) is 61.5 Å². The summed E-state index contributed by atoms with van der Waals surface area (Å²) < 4.78 is 0. The summed E-state index contributed by atoms with van der Waals surface area (Å²) in [5, 5.41) is 34.5. The molecule has 4 nitrogen and oxygen atoms in total. The van der Waals surface area contributed by atoms with Gasteiger partial charge in [0.2, 0.25) is 0 Å². The van der Waals surface area contributed by atoms with Gasteiger partial charge in [0.15, 0.2) is 0 Å². The standard InChI is InChI=1S/2C5H11BO2/c2*1-4(8)5(2-6)3-7/h2*4-5,7-8H,2-3H2,1H3/t2*4-,5-/m10/s1. The molecule has 0 bridgehead atoms. The Hall–Kier alpha value is -0.0301. The van der Waals surface area contributed by atoms with Gasteiger partial charge in [-0.05, 0) is 13.8 Å². The Balaban J connectivity index is 0. The first-order valence-electron chi connectivity index (χ1n) is 5.42. The Bertz CT molecular complexity index is 121. The molecule has 92 valence electrons. The second-order valence-corrected chi connectivity index (χ2v) is 3.84. The Morgan fingerprint density at radius 1 is 0.812 bits per heavy atom. The molecule has 0 heterocycles. The monoisotopic (exact) mass is 228 g/mol. The van der Waals surface area contributed by atoms with E-state index in [0.717, 1.165) is 0 Å². The first-order valence-corrected chi connectivity index (χ1v) is 5.42. The average Bonchev–Trinajstić information content (AvgIpc) is 2.21. The van der Waals surface area contributed by atoms with E-state index >= 15 is 0 Å². The number of hydrogen-bond acceptors (Lipinski definition) is 4. The molecule has 0 saturated carbocycles. The molecule has 0 aliphatic heterocycles. The van der Waals surface area contributed by atoms with Gasteiger partial charge in [-0.1, -0.05) is 12.6 Å². The Labute approximate surface area is 101 Å². The summed E-state index contributed by atoms with van der Waals surface area (Å²) >= 11 is 0. The number of aliphatic hydroxyl groups is 4. The van der Waals surface area contributed by atoms with E-state index < -0.39 is 12.2 Å². The fourth-order valence-corrected chi connectivity index (χ4v) is 0.848. The van der Waals surface area contributed by atoms with Gasteiger partial charge in [-0.15, -0.1) is 0 Å². The minimum absolute atomic E-state index is 0.0336. The second kappa shape index (κ2) is 11.5. The van der Waals surface area contributed by atoms with E-state index in [0.29, 0.717) is 12.6 Å². The van der Waals surface area contributed by atoms with Crippen LogP contribution in [0.15, 0.2) is 0 Å². The highest BCUT2D eigenvalue weighted by Crippen LogP contribution is 2.05. The van der Waals surface area contributed by atoms with Crippen LogP contribution in [-0.2, 0) is 0 Å². The van der Waals surface area contributed by atoms with Crippen LogP contribution in [0, 0.1) is 11.8 Å². The van der Waals surface area contributed by atoms with E-state index in [1.165, 1.54) is 0 Å². The van der Waals surface area contributed by atoms with E-state index in [-0.39, 0.29) is 25.0 Å². The van der Waals surface area contributed by atoms with Crippen molar-refractivity contribution in [3.63, 3.8) is 0 Å². The lowest BCUT2D eigenvalue weighted by molar-refractivity contribution is 0.0912. The van der Waals surface area contributed by atoms with Crippen molar-refractivity contribution in [2.75, 3.05) is 13.2 Å². The van der Waals surface area contributed by atoms with Gasteiger partial charge >= 0.3 is 0 Å². The lowest BCUT2D eigenvalue weighted by Crippen LogP contribution is -2.19. The quantitative estimate of drug-likeness (QED) is 0.445. The Kier molecular flexibility index (Phi) is 13.1. The van der Waals surface area contributed by atoms with Crippen LogP contribution in [0.5, 0.6) is 0 Å². The molecule has 0 amide bonds. The summed E-state index contributed by atoms with van der Waals surface area (Å²) in [7, 11) is 10.3. The lowest BCUT2D eigenvalue weighted by Gasteiger charge is -2.13. The van der Waals surface area contributed by atoms with Gasteiger partial charge in [0, 0.05) is 25.0 Å². The summed E-state index contributed by atoms with van der Waals surface area (Å²) in [5.41, 5.74) is 0. The molecule has 0 aliphatic rings. The molecule has 4 radical (unpaired) electrons. The van der Waals surface area contributed by atoms with Crippen molar-refractivity contribution in [3.8, 4) is 0 Å². The third-order valence-electron chi connectivity index (χ3n) is 2.44. The van der Waals surface area contributed by atoms with Crippen molar-refractivity contribution in [2.24, 2.45) is 11.8 Å². The fourth-order valence-electron chi connectivity index (χ4n) is 0.848. The van der Waals surface area contributed by atoms with Gasteiger partial charge in [0.1, 0.15) is 0 Å². The second-order valence-electron chi connectivity index (χ2n) is 3.84. The van der Waals surface area contributed by atoms with Crippen LogP contribution in [0.4, 0.5) is 0 Å². The molecule has 0 unspecified atom stereocenters. The SMILES string of the molecule is [B]C[C@@H](CO)[C@H](C)O.[B]C[C@H](CO)[C@@H](C)O. The molecular formula is C10H22B2O4. The number of rotatable bonds is 6. The number of aliphatic hydroxyl groups excluding tert-OH is 4. The lowest BCUT2D eigenvalue weighted by atomic mass is 9.88. The normalized spacial score (nSPS) is 17.9. The number of hydrogen-bond donors (Lipinski definition) is 4. The Morgan fingerprint density at radius 2 is 1.06 bits per heavy atom. The molecule has 0 aliphatic carbocycles. The van der Waals surface area contributed by atoms with Crippen LogP contribution in [0.3, 0.4) is 0 Å². The molecule has 6 heteroatoms. The summed E-state index contributed by atoms with van der Waals surface area (Å²) in [5.74, 6) is -0.315. The molecule has 0 aromatic rings. The predicted molar refractivity (Wildman–Crippen MR) is 65.6 cm³/mol. The van der Waals surface area contributed by atoms with Gasteiger partial charge < -0.3 is 20.4 Å². The smallest absolute Gasteiger partial charge is 0.0659 e. The van der Waals surface area contributed by atoms with Crippen LogP contribution in [0.2, 0.25) is 12.6 Å². The zero-order valence-electron chi connectivity index (χ0n) is 10.1. The zero-order chi connectivity index (χ0) is 13.1. The largest absolute Gasteiger partial charge is 0.396 e. The maximum atomic E-state index is 8.77. The maximum Gasteiger partial charge on any atom is 0.0659 e. The van der Waals surface area contributed by atoms with Crippen LogP contribution >= 0.6 is 0 Å². The fraction of sp³-hybridized carbons (Fsp3) is 1.00. The minimum atomic E-state index is -0.495. The first-order chi connectivity index (χ1) is 7.44. The summed E-state index contributed by atoms with van der Waals surface area (Å²) in [4.78, 5) is 0. The third-order valence-corrected chi connectivity index (χ3v) is 2.44. The van der Waals surface area contributed by atoms with E-state index in [1.54, 1.807) is 13.8 Å². The summed E-state index contributed by atoms with van der Waals surface area (Å²) in [6, 6.07) is 0. The molecule has 4 atom stereocenters. The van der Waals surface area contributed by atoms with Crippen molar-refractivity contribution in [3.05, 3.63) is 0 Å². The van der Waals surface area contributed by atoms with Crippen molar-refractivity contribution in [2.45, 2.75) is 38.7 Å². The summed E-state index contributed by atoms with van der Waals surface area (Å²) in [6.45, 7) is 3.17. The van der Waals surface area contributed by atoms with Gasteiger partial charge in [-0.25, -0.2) is 0 Å². The van der Waals surface area contributed by atoms with Gasteiger partial charge in [0.25, 0.3) is 0 Å². The van der Waals surface area contributed by atoms with E-state index in [1.807, 2.05) is 0 Å². The van der Waals surface area contributed by atoms with Crippen molar-refractivity contribution in [1.29, 1.82) is 0 Å². The molecule has 0 aromatic carbocycles. The molecule has 0 rings (SSSR count). The molecule has 0 aromatic heterocycles. The first kappa shape index (κ1) is 18.3. The highest BCUT2D eigenvalue weighted by Gasteiger charge is 2.09. The van der Waals surface area contributed by atoms with Crippen LogP contribution in [0.1, 0.15) is 13.8 Å².